The summed E-state index contributed by atoms with van der Waals surface area (Å²) in [6, 6.07) is 45.4. The van der Waals surface area contributed by atoms with Crippen molar-refractivity contribution < 1.29 is 0 Å². The lowest BCUT2D eigenvalue weighted by molar-refractivity contribution is 0.521. The van der Waals surface area contributed by atoms with Crippen LogP contribution >= 0.6 is 15.8 Å². The number of hydrogen-bond donors (Lipinski definition) is 0. The molecule has 5 rings (SSSR count). The number of benzene rings is 4. The first-order chi connectivity index (χ1) is 15.9. The van der Waals surface area contributed by atoms with Gasteiger partial charge in [0.25, 0.3) is 0 Å². The molecule has 1 unspecified atom stereocenters. The van der Waals surface area contributed by atoms with Crippen LogP contribution in [0.15, 0.2) is 121 Å². The molecular weight excluding hydrogens is 422 g/mol. The molecule has 0 radical (unpaired) electrons. The van der Waals surface area contributed by atoms with Crippen LogP contribution in [0.25, 0.3) is 0 Å². The first-order valence-electron chi connectivity index (χ1n) is 11.7. The summed E-state index contributed by atoms with van der Waals surface area (Å²) in [7, 11) is -0.811. The molecule has 0 nitrogen and oxygen atoms in total. The molecule has 0 amide bonds. The second-order valence-electron chi connectivity index (χ2n) is 8.50. The fraction of sp³-hybridized carbons (Fsp3) is 0.200. The zero-order valence-corrected chi connectivity index (χ0v) is 20.2. The van der Waals surface area contributed by atoms with Gasteiger partial charge in [0.15, 0.2) is 0 Å². The maximum Gasteiger partial charge on any atom is -0.00551 e. The summed E-state index contributed by atoms with van der Waals surface area (Å²) < 4.78 is 0. The first-order valence-corrected chi connectivity index (χ1v) is 14.5. The molecule has 2 heteroatoms. The number of rotatable bonds is 6. The highest BCUT2D eigenvalue weighted by molar-refractivity contribution is 7.77. The highest BCUT2D eigenvalue weighted by Crippen LogP contribution is 2.56. The molecule has 4 aromatic carbocycles. The van der Waals surface area contributed by atoms with Crippen molar-refractivity contribution in [3.63, 3.8) is 0 Å². The zero-order valence-electron chi connectivity index (χ0n) is 18.4. The fourth-order valence-electron chi connectivity index (χ4n) is 5.11. The van der Waals surface area contributed by atoms with Crippen LogP contribution in [0.3, 0.4) is 0 Å². The van der Waals surface area contributed by atoms with Crippen molar-refractivity contribution in [1.29, 1.82) is 0 Å². The highest BCUT2D eigenvalue weighted by atomic mass is 31.1. The molecule has 1 aliphatic carbocycles. The smallest absolute Gasteiger partial charge is 0.00551 e. The van der Waals surface area contributed by atoms with Gasteiger partial charge >= 0.3 is 0 Å². The molecule has 0 bridgehead atoms. The van der Waals surface area contributed by atoms with Gasteiger partial charge in [0.1, 0.15) is 0 Å². The van der Waals surface area contributed by atoms with Gasteiger partial charge in [-0.2, -0.15) is 0 Å². The van der Waals surface area contributed by atoms with Gasteiger partial charge < -0.3 is 0 Å². The minimum absolute atomic E-state index is 0.405. The molecule has 0 aliphatic heterocycles. The van der Waals surface area contributed by atoms with E-state index in [1.807, 2.05) is 0 Å². The summed E-state index contributed by atoms with van der Waals surface area (Å²) in [6.45, 7) is 0. The van der Waals surface area contributed by atoms with Crippen LogP contribution in [0, 0.1) is 0 Å². The molecule has 4 aromatic rings. The third-order valence-electron chi connectivity index (χ3n) is 6.49. The lowest BCUT2D eigenvalue weighted by Gasteiger charge is -2.42. The Hall–Kier alpha value is -2.26. The molecule has 0 spiro atoms. The molecule has 0 aromatic heterocycles. The van der Waals surface area contributed by atoms with Crippen molar-refractivity contribution in [3.8, 4) is 0 Å². The summed E-state index contributed by atoms with van der Waals surface area (Å²) in [5.41, 5.74) is 1.41. The van der Waals surface area contributed by atoms with E-state index in [2.05, 4.69) is 121 Å². The second kappa shape index (κ2) is 10.6. The third-order valence-corrected chi connectivity index (χ3v) is 12.7. The van der Waals surface area contributed by atoms with E-state index in [0.717, 1.165) is 0 Å². The van der Waals surface area contributed by atoms with Gasteiger partial charge in [0.2, 0.25) is 0 Å². The summed E-state index contributed by atoms with van der Waals surface area (Å²) in [6.07, 6.45) is 5.37. The van der Waals surface area contributed by atoms with Gasteiger partial charge in [0, 0.05) is 0 Å². The topological polar surface area (TPSA) is 0 Å². The van der Waals surface area contributed by atoms with Crippen LogP contribution in [0.1, 0.15) is 25.7 Å². The van der Waals surface area contributed by atoms with E-state index >= 15 is 0 Å². The van der Waals surface area contributed by atoms with Crippen LogP contribution in [-0.4, -0.2) is 11.3 Å². The average Bonchev–Trinajstić information content (AvgIpc) is 2.88. The summed E-state index contributed by atoms with van der Waals surface area (Å²) in [5, 5.41) is 6.12. The molecule has 1 aliphatic rings. The Kier molecular flexibility index (Phi) is 7.13. The maximum atomic E-state index is 2.37. The standard InChI is InChI=1S/C30H30P2/c1-5-15-25(16-6-1)31(26-17-7-2-8-18-26)29-23-13-14-24-30(29)32(27-19-9-3-10-20-27)28-21-11-4-12-22-28/h1-12,15-22,29-30H,13-14,23-24H2/t29-,30?/m1/s1. The normalized spacial score (nSPS) is 18.7. The Morgan fingerprint density at radius 1 is 0.375 bits per heavy atom. The average molecular weight is 453 g/mol. The predicted molar refractivity (Wildman–Crippen MR) is 144 cm³/mol. The molecule has 1 fully saturated rings. The van der Waals surface area contributed by atoms with Crippen LogP contribution < -0.4 is 21.2 Å². The zero-order chi connectivity index (χ0) is 21.6. The Morgan fingerprint density at radius 3 is 0.875 bits per heavy atom. The van der Waals surface area contributed by atoms with Crippen molar-refractivity contribution in [2.24, 2.45) is 0 Å². The van der Waals surface area contributed by atoms with E-state index in [4.69, 9.17) is 0 Å². The van der Waals surface area contributed by atoms with Gasteiger partial charge in [-0.3, -0.25) is 0 Å². The van der Waals surface area contributed by atoms with Crippen LogP contribution in [0.2, 0.25) is 0 Å². The molecule has 0 heterocycles. The predicted octanol–water partition coefficient (Wildman–Crippen LogP) is 6.56. The van der Waals surface area contributed by atoms with E-state index < -0.39 is 15.8 Å². The SMILES string of the molecule is c1ccc(P(c2ccccc2)C2CCCC[C@H]2P(c2ccccc2)c2ccccc2)cc1. The summed E-state index contributed by atoms with van der Waals surface area (Å²) >= 11 is 0. The van der Waals surface area contributed by atoms with Gasteiger partial charge in [-0.1, -0.05) is 134 Å². The van der Waals surface area contributed by atoms with Crippen LogP contribution in [0.5, 0.6) is 0 Å². The molecule has 32 heavy (non-hydrogen) atoms. The van der Waals surface area contributed by atoms with Crippen molar-refractivity contribution in [2.75, 3.05) is 0 Å². The molecule has 2 atom stereocenters. The Bertz CT molecular complexity index is 911. The van der Waals surface area contributed by atoms with E-state index in [1.165, 1.54) is 46.9 Å². The first kappa shape index (κ1) is 21.6. The van der Waals surface area contributed by atoms with Crippen molar-refractivity contribution in [3.05, 3.63) is 121 Å². The van der Waals surface area contributed by atoms with Crippen LogP contribution in [-0.2, 0) is 0 Å². The lowest BCUT2D eigenvalue weighted by atomic mass is 9.99. The largest absolute Gasteiger partial charge is 0.0622 e. The van der Waals surface area contributed by atoms with Crippen molar-refractivity contribution in [2.45, 2.75) is 37.0 Å². The number of hydrogen-bond acceptors (Lipinski definition) is 0. The van der Waals surface area contributed by atoms with Gasteiger partial charge in [-0.25, -0.2) is 0 Å². The molecule has 0 N–H and O–H groups in total. The highest BCUT2D eigenvalue weighted by Gasteiger charge is 2.38. The quantitative estimate of drug-likeness (QED) is 0.291. The lowest BCUT2D eigenvalue weighted by Crippen LogP contribution is -2.37. The molecule has 1 saturated carbocycles. The Balaban J connectivity index is 1.62. The van der Waals surface area contributed by atoms with Crippen molar-refractivity contribution in [1.82, 2.24) is 0 Å². The van der Waals surface area contributed by atoms with E-state index in [0.29, 0.717) is 11.3 Å². The molecule has 0 saturated heterocycles. The van der Waals surface area contributed by atoms with Gasteiger partial charge in [-0.15, -0.1) is 0 Å². The fourth-order valence-corrected chi connectivity index (χ4v) is 11.9. The van der Waals surface area contributed by atoms with Gasteiger partial charge in [-0.05, 0) is 61.2 Å². The molecular formula is C30H30P2. The molecule has 160 valence electrons. The van der Waals surface area contributed by atoms with Crippen molar-refractivity contribution >= 4 is 37.1 Å². The van der Waals surface area contributed by atoms with Crippen LogP contribution in [0.4, 0.5) is 0 Å². The Labute approximate surface area is 195 Å². The Morgan fingerprint density at radius 2 is 0.625 bits per heavy atom. The van der Waals surface area contributed by atoms with E-state index in [1.54, 1.807) is 0 Å². The monoisotopic (exact) mass is 452 g/mol. The third kappa shape index (κ3) is 4.73. The minimum Gasteiger partial charge on any atom is -0.0622 e. The summed E-state index contributed by atoms with van der Waals surface area (Å²) in [4.78, 5) is 0. The van der Waals surface area contributed by atoms with E-state index in [9.17, 15) is 0 Å². The maximum absolute atomic E-state index is 2.37. The summed E-state index contributed by atoms with van der Waals surface area (Å²) in [5.74, 6) is 0. The second-order valence-corrected chi connectivity index (χ2v) is 13.4. The van der Waals surface area contributed by atoms with Gasteiger partial charge in [0.05, 0.1) is 0 Å². The van der Waals surface area contributed by atoms with E-state index in [-0.39, 0.29) is 0 Å². The minimum atomic E-state index is -0.405.